The van der Waals surface area contributed by atoms with Gasteiger partial charge in [0.1, 0.15) is 16.8 Å². The first-order valence-corrected chi connectivity index (χ1v) is 19.1. The Labute approximate surface area is 324 Å². The second-order valence-corrected chi connectivity index (χ2v) is 14.5. The first-order valence-electron chi connectivity index (χ1n) is 19.1. The smallest absolute Gasteiger partial charge is 0.180 e. The fraction of sp³-hybridized carbons (Fsp3) is 0.0385. The number of nitrogens with zero attached hydrogens (tertiary/aromatic N) is 3. The Morgan fingerprint density at radius 1 is 0.625 bits per heavy atom. The fourth-order valence-electron chi connectivity index (χ4n) is 9.12. The number of furan rings is 1. The predicted octanol–water partition coefficient (Wildman–Crippen LogP) is 13.7. The molecule has 4 heteroatoms. The summed E-state index contributed by atoms with van der Waals surface area (Å²) < 4.78 is 6.81. The van der Waals surface area contributed by atoms with Crippen LogP contribution in [0.1, 0.15) is 17.2 Å². The van der Waals surface area contributed by atoms with Gasteiger partial charge in [-0.2, -0.15) is 0 Å². The van der Waals surface area contributed by atoms with Crippen LogP contribution in [0, 0.1) is 0 Å². The number of allylic oxidation sites excluding steroid dienone is 6. The Morgan fingerprint density at radius 3 is 2.05 bits per heavy atom. The van der Waals surface area contributed by atoms with Crippen molar-refractivity contribution in [1.29, 1.82) is 0 Å². The van der Waals surface area contributed by atoms with Gasteiger partial charge in [-0.25, -0.2) is 9.97 Å². The average molecular weight is 718 g/mol. The molecule has 2 unspecified atom stereocenters. The normalized spacial score (nSPS) is 16.3. The molecule has 0 fully saturated rings. The van der Waals surface area contributed by atoms with Crippen molar-refractivity contribution in [2.24, 2.45) is 0 Å². The molecule has 0 bridgehead atoms. The first kappa shape index (κ1) is 32.2. The van der Waals surface area contributed by atoms with Crippen molar-refractivity contribution in [3.05, 3.63) is 200 Å². The van der Waals surface area contributed by atoms with Gasteiger partial charge in [0.05, 0.1) is 17.1 Å². The highest BCUT2D eigenvalue weighted by molar-refractivity contribution is 6.27. The molecule has 0 saturated carbocycles. The predicted molar refractivity (Wildman–Crippen MR) is 234 cm³/mol. The molecule has 56 heavy (non-hydrogen) atoms. The van der Waals surface area contributed by atoms with E-state index in [2.05, 4.69) is 139 Å². The third-order valence-corrected chi connectivity index (χ3v) is 11.5. The van der Waals surface area contributed by atoms with E-state index in [1.54, 1.807) is 12.2 Å². The molecule has 2 atom stereocenters. The van der Waals surface area contributed by atoms with Crippen LogP contribution in [0.5, 0.6) is 0 Å². The van der Waals surface area contributed by atoms with E-state index in [0.717, 1.165) is 44.4 Å². The maximum atomic E-state index is 6.81. The zero-order chi connectivity index (χ0) is 37.3. The highest BCUT2D eigenvalue weighted by Gasteiger charge is 2.38. The minimum atomic E-state index is 0.110. The van der Waals surface area contributed by atoms with Crippen molar-refractivity contribution < 1.29 is 4.42 Å². The van der Waals surface area contributed by atoms with Gasteiger partial charge >= 0.3 is 0 Å². The molecule has 0 spiro atoms. The van der Waals surface area contributed by atoms with Gasteiger partial charge in [-0.3, -0.25) is 0 Å². The second-order valence-electron chi connectivity index (χ2n) is 14.5. The van der Waals surface area contributed by atoms with Crippen LogP contribution in [0.25, 0.3) is 82.5 Å². The van der Waals surface area contributed by atoms with E-state index in [-0.39, 0.29) is 12.0 Å². The van der Waals surface area contributed by atoms with Crippen molar-refractivity contribution in [3.8, 4) is 22.5 Å². The number of hydrogen-bond donors (Lipinski definition) is 0. The molecule has 2 aliphatic rings. The van der Waals surface area contributed by atoms with Crippen LogP contribution >= 0.6 is 0 Å². The molecule has 264 valence electrons. The van der Waals surface area contributed by atoms with Crippen LogP contribution in [0.15, 0.2) is 194 Å². The minimum absolute atomic E-state index is 0.110. The van der Waals surface area contributed by atoms with Crippen molar-refractivity contribution in [2.75, 3.05) is 4.90 Å². The summed E-state index contributed by atoms with van der Waals surface area (Å²) in [5, 5.41) is 8.32. The van der Waals surface area contributed by atoms with E-state index in [1.165, 1.54) is 43.6 Å². The number of benzene rings is 7. The Morgan fingerprint density at radius 2 is 1.30 bits per heavy atom. The van der Waals surface area contributed by atoms with Crippen molar-refractivity contribution in [1.82, 2.24) is 9.97 Å². The fourth-order valence-corrected chi connectivity index (χ4v) is 9.12. The maximum Gasteiger partial charge on any atom is 0.180 e. The molecule has 7 aromatic carbocycles. The number of hydrogen-bond acceptors (Lipinski definition) is 4. The van der Waals surface area contributed by atoms with Crippen LogP contribution in [0.3, 0.4) is 0 Å². The largest absolute Gasteiger partial charge is 0.452 e. The molecule has 0 amide bonds. The number of aromatic nitrogens is 2. The molecule has 0 saturated heterocycles. The lowest BCUT2D eigenvalue weighted by Gasteiger charge is -2.31. The highest BCUT2D eigenvalue weighted by atomic mass is 16.3. The lowest BCUT2D eigenvalue weighted by molar-refractivity contribution is 0.664. The molecule has 9 aromatic rings. The molecule has 3 heterocycles. The van der Waals surface area contributed by atoms with Gasteiger partial charge in [0.15, 0.2) is 11.4 Å². The van der Waals surface area contributed by atoms with E-state index in [4.69, 9.17) is 14.4 Å². The van der Waals surface area contributed by atoms with E-state index in [0.29, 0.717) is 17.1 Å². The molecule has 2 aromatic heterocycles. The molecular formula is C52H35N3O. The molecular weight excluding hydrogens is 683 g/mol. The molecule has 0 N–H and O–H groups in total. The minimum Gasteiger partial charge on any atom is -0.452 e. The summed E-state index contributed by atoms with van der Waals surface area (Å²) >= 11 is 0. The second kappa shape index (κ2) is 12.6. The lowest BCUT2D eigenvalue weighted by Crippen LogP contribution is -2.29. The summed E-state index contributed by atoms with van der Waals surface area (Å²) in [6.07, 6.45) is 14.5. The number of fused-ring (bicyclic) bond motifs is 12. The van der Waals surface area contributed by atoms with Gasteiger partial charge < -0.3 is 9.32 Å². The summed E-state index contributed by atoms with van der Waals surface area (Å²) in [5.74, 6) is 0.852. The molecule has 1 aliphatic heterocycles. The van der Waals surface area contributed by atoms with E-state index in [9.17, 15) is 0 Å². The summed E-state index contributed by atoms with van der Waals surface area (Å²) in [5.41, 5.74) is 10.4. The maximum absolute atomic E-state index is 6.81. The van der Waals surface area contributed by atoms with E-state index < -0.39 is 0 Å². The zero-order valence-corrected chi connectivity index (χ0v) is 30.6. The number of anilines is 2. The van der Waals surface area contributed by atoms with Gasteiger partial charge in [-0.05, 0) is 67.7 Å². The van der Waals surface area contributed by atoms with Crippen LogP contribution < -0.4 is 4.90 Å². The monoisotopic (exact) mass is 717 g/mol. The standard InChI is InChI=1S/C52H35N3O/c1-3-17-32(4-2)49-51-50(54-52(53-49)33-18-6-5-7-19-33)48-40(26-16-29-47(48)56-51)43-30-41-36-22-10-8-20-34(36)35-21-9-11-23-37(35)42(41)31-46(43)55-44-27-14-12-24-38(44)39-25-13-15-28-45(39)55/h3-31,38,44H,1-2H2/b32-17+. The Kier molecular flexibility index (Phi) is 7.26. The van der Waals surface area contributed by atoms with Gasteiger partial charge in [-0.1, -0.05) is 165 Å². The van der Waals surface area contributed by atoms with Gasteiger partial charge in [-0.15, -0.1) is 0 Å². The van der Waals surface area contributed by atoms with Gasteiger partial charge in [0.2, 0.25) is 0 Å². The van der Waals surface area contributed by atoms with Crippen LogP contribution in [-0.2, 0) is 0 Å². The number of para-hydroxylation sites is 1. The van der Waals surface area contributed by atoms with Crippen molar-refractivity contribution in [3.63, 3.8) is 0 Å². The van der Waals surface area contributed by atoms with Crippen LogP contribution in [0.4, 0.5) is 11.4 Å². The van der Waals surface area contributed by atoms with Crippen molar-refractivity contribution in [2.45, 2.75) is 12.0 Å². The third kappa shape index (κ3) is 4.72. The highest BCUT2D eigenvalue weighted by Crippen LogP contribution is 2.53. The summed E-state index contributed by atoms with van der Waals surface area (Å²) in [6.45, 7) is 8.11. The van der Waals surface area contributed by atoms with E-state index in [1.807, 2.05) is 42.5 Å². The summed E-state index contributed by atoms with van der Waals surface area (Å²) in [6, 6.07) is 47.9. The Bertz CT molecular complexity index is 3200. The Balaban J connectivity index is 1.30. The van der Waals surface area contributed by atoms with Gasteiger partial charge in [0.25, 0.3) is 0 Å². The average Bonchev–Trinajstić information content (AvgIpc) is 3.81. The lowest BCUT2D eigenvalue weighted by atomic mass is 9.89. The van der Waals surface area contributed by atoms with Crippen LogP contribution in [-0.4, -0.2) is 16.0 Å². The zero-order valence-electron chi connectivity index (χ0n) is 30.6. The molecule has 1 aliphatic carbocycles. The van der Waals surface area contributed by atoms with Crippen LogP contribution in [0.2, 0.25) is 0 Å². The Hall–Kier alpha value is -7.30. The summed E-state index contributed by atoms with van der Waals surface area (Å²) in [4.78, 5) is 13.0. The SMILES string of the molecule is C=C/C=C(\C=C)c1nc(-c2ccccc2)nc2c1oc1cccc(-c3cc4c5ccccc5c5ccccc5c4cc3N3c4ccccc4C4C=CC=CC43)c12. The molecule has 0 radical (unpaired) electrons. The van der Waals surface area contributed by atoms with Crippen molar-refractivity contribution >= 4 is 71.3 Å². The summed E-state index contributed by atoms with van der Waals surface area (Å²) in [7, 11) is 0. The first-order chi connectivity index (χ1) is 27.7. The third-order valence-electron chi connectivity index (χ3n) is 11.5. The molecule has 11 rings (SSSR count). The topological polar surface area (TPSA) is 42.2 Å². The quantitative estimate of drug-likeness (QED) is 0.127. The van der Waals surface area contributed by atoms with E-state index >= 15 is 0 Å². The van der Waals surface area contributed by atoms with Gasteiger partial charge in [0, 0.05) is 28.3 Å². The molecule has 4 nitrogen and oxygen atoms in total. The number of rotatable bonds is 6.